The molecule has 1 aromatic heterocycles. The van der Waals surface area contributed by atoms with Crippen LogP contribution in [-0.2, 0) is 7.05 Å². The zero-order valence-electron chi connectivity index (χ0n) is 9.14. The Labute approximate surface area is 107 Å². The summed E-state index contributed by atoms with van der Waals surface area (Å²) in [5, 5.41) is 6.74. The number of nitrogen functional groups attached to an aromatic ring is 1. The number of nitrogens with one attached hydrogen (secondary N) is 1. The average molecular weight is 295 g/mol. The van der Waals surface area contributed by atoms with Gasteiger partial charge in [0, 0.05) is 29.5 Å². The molecule has 3 N–H and O–H groups in total. The van der Waals surface area contributed by atoms with E-state index in [1.165, 1.54) is 0 Å². The number of anilines is 2. The molecule has 1 aromatic carbocycles. The summed E-state index contributed by atoms with van der Waals surface area (Å²) in [5.74, 6) is 0.222. The topological polar surface area (TPSA) is 72.9 Å². The molecule has 0 aliphatic rings. The van der Waals surface area contributed by atoms with Crippen molar-refractivity contribution in [1.82, 2.24) is 9.78 Å². The van der Waals surface area contributed by atoms with Crippen LogP contribution in [-0.4, -0.2) is 15.7 Å². The molecular formula is C11H11BrN4O. The number of rotatable bonds is 2. The van der Waals surface area contributed by atoms with Gasteiger partial charge in [-0.25, -0.2) is 0 Å². The Morgan fingerprint density at radius 2 is 2.24 bits per heavy atom. The summed E-state index contributed by atoms with van der Waals surface area (Å²) >= 11 is 3.30. The van der Waals surface area contributed by atoms with Crippen molar-refractivity contribution in [1.29, 1.82) is 0 Å². The van der Waals surface area contributed by atoms with E-state index in [-0.39, 0.29) is 5.91 Å². The Morgan fingerprint density at radius 3 is 2.88 bits per heavy atom. The van der Waals surface area contributed by atoms with Crippen molar-refractivity contribution in [3.05, 3.63) is 40.5 Å². The molecule has 0 saturated carbocycles. The number of hydrogen-bond acceptors (Lipinski definition) is 3. The maximum Gasteiger partial charge on any atom is 0.258 e. The molecule has 1 amide bonds. The fraction of sp³-hybridized carbons (Fsp3) is 0.0909. The van der Waals surface area contributed by atoms with Gasteiger partial charge in [-0.3, -0.25) is 9.48 Å². The van der Waals surface area contributed by atoms with Crippen molar-refractivity contribution >= 4 is 33.3 Å². The first-order valence-electron chi connectivity index (χ1n) is 4.92. The molecule has 0 aliphatic heterocycles. The summed E-state index contributed by atoms with van der Waals surface area (Å²) in [5.41, 5.74) is 6.60. The summed E-state index contributed by atoms with van der Waals surface area (Å²) in [6, 6.07) is 6.85. The first-order chi connectivity index (χ1) is 8.06. The molecule has 0 atom stereocenters. The van der Waals surface area contributed by atoms with Crippen LogP contribution >= 0.6 is 15.9 Å². The number of benzene rings is 1. The van der Waals surface area contributed by atoms with Crippen LogP contribution in [0.4, 0.5) is 11.5 Å². The number of aryl methyl sites for hydroxylation is 1. The monoisotopic (exact) mass is 294 g/mol. The van der Waals surface area contributed by atoms with Gasteiger partial charge in [0.05, 0.1) is 5.56 Å². The first-order valence-corrected chi connectivity index (χ1v) is 5.71. The van der Waals surface area contributed by atoms with Gasteiger partial charge in [-0.05, 0) is 18.2 Å². The van der Waals surface area contributed by atoms with Gasteiger partial charge < -0.3 is 11.1 Å². The number of nitrogens with zero attached hydrogens (tertiary/aromatic N) is 2. The molecule has 5 nitrogen and oxygen atoms in total. The molecule has 2 rings (SSSR count). The number of amides is 1. The van der Waals surface area contributed by atoms with Gasteiger partial charge in [0.15, 0.2) is 5.82 Å². The summed E-state index contributed by atoms with van der Waals surface area (Å²) in [6.45, 7) is 0. The minimum Gasteiger partial charge on any atom is -0.398 e. The highest BCUT2D eigenvalue weighted by Gasteiger charge is 2.11. The quantitative estimate of drug-likeness (QED) is 0.832. The van der Waals surface area contributed by atoms with E-state index in [0.717, 1.165) is 4.47 Å². The maximum atomic E-state index is 11.9. The van der Waals surface area contributed by atoms with E-state index >= 15 is 0 Å². The van der Waals surface area contributed by atoms with Gasteiger partial charge in [0.1, 0.15) is 0 Å². The third-order valence-corrected chi connectivity index (χ3v) is 2.71. The van der Waals surface area contributed by atoms with Crippen LogP contribution in [0.25, 0.3) is 0 Å². The molecule has 1 heterocycles. The fourth-order valence-corrected chi connectivity index (χ4v) is 1.75. The van der Waals surface area contributed by atoms with E-state index < -0.39 is 0 Å². The predicted molar refractivity (Wildman–Crippen MR) is 69.7 cm³/mol. The van der Waals surface area contributed by atoms with E-state index in [2.05, 4.69) is 26.3 Å². The van der Waals surface area contributed by atoms with Crippen molar-refractivity contribution < 1.29 is 4.79 Å². The van der Waals surface area contributed by atoms with E-state index in [1.807, 2.05) is 0 Å². The predicted octanol–water partition coefficient (Wildman–Crippen LogP) is 2.02. The lowest BCUT2D eigenvalue weighted by Crippen LogP contribution is -2.14. The highest BCUT2D eigenvalue weighted by Crippen LogP contribution is 2.19. The van der Waals surface area contributed by atoms with Gasteiger partial charge >= 0.3 is 0 Å². The highest BCUT2D eigenvalue weighted by molar-refractivity contribution is 9.10. The average Bonchev–Trinajstić information content (AvgIpc) is 2.67. The minimum atomic E-state index is -0.275. The Bertz CT molecular complexity index is 564. The van der Waals surface area contributed by atoms with Crippen LogP contribution in [0.3, 0.4) is 0 Å². The molecule has 0 radical (unpaired) electrons. The lowest BCUT2D eigenvalue weighted by atomic mass is 10.1. The minimum absolute atomic E-state index is 0.275. The van der Waals surface area contributed by atoms with Crippen LogP contribution in [0.2, 0.25) is 0 Å². The Kier molecular flexibility index (Phi) is 3.14. The number of aromatic nitrogens is 2. The van der Waals surface area contributed by atoms with E-state index in [4.69, 9.17) is 5.73 Å². The van der Waals surface area contributed by atoms with E-state index in [9.17, 15) is 4.79 Å². The standard InChI is InChI=1S/C11H11BrN4O/c1-16-5-4-10(15-16)14-11(17)8-6-7(12)2-3-9(8)13/h2-6H,13H2,1H3,(H,14,15,17). The summed E-state index contributed by atoms with van der Waals surface area (Å²) in [4.78, 5) is 11.9. The summed E-state index contributed by atoms with van der Waals surface area (Å²) in [6.07, 6.45) is 1.75. The van der Waals surface area contributed by atoms with Crippen molar-refractivity contribution in [2.75, 3.05) is 11.1 Å². The molecule has 0 saturated heterocycles. The smallest absolute Gasteiger partial charge is 0.258 e. The lowest BCUT2D eigenvalue weighted by Gasteiger charge is -2.05. The number of carbonyl (C=O) groups is 1. The summed E-state index contributed by atoms with van der Waals surface area (Å²) < 4.78 is 2.41. The molecule has 0 aliphatic carbocycles. The zero-order chi connectivity index (χ0) is 12.4. The second kappa shape index (κ2) is 4.58. The van der Waals surface area contributed by atoms with Crippen LogP contribution in [0.1, 0.15) is 10.4 Å². The maximum absolute atomic E-state index is 11.9. The largest absolute Gasteiger partial charge is 0.398 e. The second-order valence-corrected chi connectivity index (χ2v) is 4.48. The third kappa shape index (κ3) is 2.65. The number of nitrogens with two attached hydrogens (primary N) is 1. The Balaban J connectivity index is 2.22. The van der Waals surface area contributed by atoms with Crippen molar-refractivity contribution in [2.24, 2.45) is 7.05 Å². The molecule has 88 valence electrons. The highest BCUT2D eigenvalue weighted by atomic mass is 79.9. The normalized spacial score (nSPS) is 10.2. The van der Waals surface area contributed by atoms with Crippen molar-refractivity contribution in [3.63, 3.8) is 0 Å². The van der Waals surface area contributed by atoms with Crippen LogP contribution < -0.4 is 11.1 Å². The molecule has 6 heteroatoms. The summed E-state index contributed by atoms with van der Waals surface area (Å²) in [7, 11) is 1.78. The van der Waals surface area contributed by atoms with Gasteiger partial charge in [0.2, 0.25) is 0 Å². The van der Waals surface area contributed by atoms with E-state index in [0.29, 0.717) is 17.1 Å². The second-order valence-electron chi connectivity index (χ2n) is 3.56. The molecule has 17 heavy (non-hydrogen) atoms. The molecule has 0 unspecified atom stereocenters. The van der Waals surface area contributed by atoms with Gasteiger partial charge in [-0.15, -0.1) is 0 Å². The van der Waals surface area contributed by atoms with Crippen molar-refractivity contribution in [3.8, 4) is 0 Å². The lowest BCUT2D eigenvalue weighted by molar-refractivity contribution is 0.102. The third-order valence-electron chi connectivity index (χ3n) is 2.22. The number of halogens is 1. The first kappa shape index (κ1) is 11.7. The molecule has 0 bridgehead atoms. The fourth-order valence-electron chi connectivity index (χ4n) is 1.39. The SMILES string of the molecule is Cn1ccc(NC(=O)c2cc(Br)ccc2N)n1. The molecule has 2 aromatic rings. The van der Waals surface area contributed by atoms with Crippen LogP contribution in [0.15, 0.2) is 34.9 Å². The van der Waals surface area contributed by atoms with Crippen LogP contribution in [0.5, 0.6) is 0 Å². The van der Waals surface area contributed by atoms with Gasteiger partial charge in [0.25, 0.3) is 5.91 Å². The number of carbonyl (C=O) groups excluding carboxylic acids is 1. The number of hydrogen-bond donors (Lipinski definition) is 2. The Hall–Kier alpha value is -1.82. The van der Waals surface area contributed by atoms with Gasteiger partial charge in [-0.2, -0.15) is 5.10 Å². The van der Waals surface area contributed by atoms with Gasteiger partial charge in [-0.1, -0.05) is 15.9 Å². The van der Waals surface area contributed by atoms with E-state index in [1.54, 1.807) is 42.2 Å². The molecule has 0 spiro atoms. The molecule has 0 fully saturated rings. The van der Waals surface area contributed by atoms with Crippen LogP contribution in [0, 0.1) is 0 Å². The Morgan fingerprint density at radius 1 is 1.47 bits per heavy atom. The molecular weight excluding hydrogens is 284 g/mol. The zero-order valence-corrected chi connectivity index (χ0v) is 10.7. The van der Waals surface area contributed by atoms with Crippen molar-refractivity contribution in [2.45, 2.75) is 0 Å².